The van der Waals surface area contributed by atoms with Gasteiger partial charge in [-0.1, -0.05) is 53.8 Å². The molecule has 11 heteroatoms. The summed E-state index contributed by atoms with van der Waals surface area (Å²) in [6, 6.07) is 10.2. The van der Waals surface area contributed by atoms with Gasteiger partial charge in [0.1, 0.15) is 16.6 Å². The van der Waals surface area contributed by atoms with E-state index in [9.17, 15) is 24.8 Å². The summed E-state index contributed by atoms with van der Waals surface area (Å²) < 4.78 is 0.187. The van der Waals surface area contributed by atoms with E-state index >= 15 is 0 Å². The van der Waals surface area contributed by atoms with Gasteiger partial charge in [-0.25, -0.2) is 0 Å². The average molecular weight is 450 g/mol. The molecule has 1 fully saturated rings. The Hall–Kier alpha value is -2.95. The number of carbonyl (C=O) groups is 2. The molecule has 0 aromatic heterocycles. The summed E-state index contributed by atoms with van der Waals surface area (Å²) in [7, 11) is 0. The van der Waals surface area contributed by atoms with Crippen molar-refractivity contribution in [1.82, 2.24) is 4.90 Å². The summed E-state index contributed by atoms with van der Waals surface area (Å²) in [5.74, 6) is -1.47. The highest BCUT2D eigenvalue weighted by Crippen LogP contribution is 2.34. The number of nitro benzene ring substituents is 1. The van der Waals surface area contributed by atoms with Crippen molar-refractivity contribution in [2.24, 2.45) is 0 Å². The van der Waals surface area contributed by atoms with E-state index in [-0.39, 0.29) is 21.4 Å². The van der Waals surface area contributed by atoms with Crippen molar-refractivity contribution in [2.75, 3.05) is 11.9 Å². The van der Waals surface area contributed by atoms with Crippen LogP contribution in [0.3, 0.4) is 0 Å². The van der Waals surface area contributed by atoms with Gasteiger partial charge in [-0.05, 0) is 23.8 Å². The molecule has 148 valence electrons. The first-order valence-electron chi connectivity index (χ1n) is 8.03. The second kappa shape index (κ2) is 8.60. The minimum atomic E-state index is -0.670. The summed E-state index contributed by atoms with van der Waals surface area (Å²) in [4.78, 5) is 36.5. The molecule has 0 radical (unpaired) electrons. The molecule has 8 nitrogen and oxygen atoms in total. The fourth-order valence-corrected chi connectivity index (χ4v) is 3.88. The maximum absolute atomic E-state index is 12.6. The summed E-state index contributed by atoms with van der Waals surface area (Å²) >= 11 is 12.3. The number of aromatic hydroxyl groups is 1. The first kappa shape index (κ1) is 20.8. The first-order valence-corrected chi connectivity index (χ1v) is 9.63. The van der Waals surface area contributed by atoms with Crippen LogP contribution < -0.4 is 5.32 Å². The minimum absolute atomic E-state index is 0.138. The molecular weight excluding hydrogens is 438 g/mol. The molecule has 29 heavy (non-hydrogen) atoms. The molecule has 0 spiro atoms. The van der Waals surface area contributed by atoms with E-state index in [1.54, 1.807) is 30.3 Å². The van der Waals surface area contributed by atoms with Crippen LogP contribution in [0.5, 0.6) is 5.75 Å². The predicted octanol–water partition coefficient (Wildman–Crippen LogP) is 3.79. The molecule has 0 atom stereocenters. The number of hydrogen-bond donors (Lipinski definition) is 2. The second-order valence-corrected chi connectivity index (χ2v) is 7.88. The van der Waals surface area contributed by atoms with E-state index in [4.69, 9.17) is 23.8 Å². The fourth-order valence-electron chi connectivity index (χ4n) is 2.44. The first-order chi connectivity index (χ1) is 13.8. The Morgan fingerprint density at radius 2 is 2.07 bits per heavy atom. The van der Waals surface area contributed by atoms with Gasteiger partial charge < -0.3 is 10.4 Å². The molecule has 1 saturated heterocycles. The maximum Gasteiger partial charge on any atom is 0.271 e. The highest BCUT2D eigenvalue weighted by molar-refractivity contribution is 8.26. The van der Waals surface area contributed by atoms with Crippen LogP contribution in [-0.4, -0.2) is 37.6 Å². The Kier molecular flexibility index (Phi) is 6.16. The van der Waals surface area contributed by atoms with Crippen molar-refractivity contribution in [3.05, 3.63) is 68.1 Å². The molecule has 1 aliphatic heterocycles. The average Bonchev–Trinajstić information content (AvgIpc) is 2.92. The largest absolute Gasteiger partial charge is 0.506 e. The minimum Gasteiger partial charge on any atom is -0.506 e. The molecule has 1 heterocycles. The molecular formula is C18H12ClN3O5S2. The van der Waals surface area contributed by atoms with Crippen LogP contribution in [0.2, 0.25) is 5.02 Å². The van der Waals surface area contributed by atoms with Crippen molar-refractivity contribution in [2.45, 2.75) is 0 Å². The molecule has 3 rings (SSSR count). The second-order valence-electron chi connectivity index (χ2n) is 5.80. The molecule has 2 aromatic carbocycles. The molecule has 2 aromatic rings. The van der Waals surface area contributed by atoms with Gasteiger partial charge >= 0.3 is 0 Å². The Labute approximate surface area is 179 Å². The lowest BCUT2D eigenvalue weighted by Crippen LogP contribution is -2.36. The van der Waals surface area contributed by atoms with Crippen molar-refractivity contribution in [3.63, 3.8) is 0 Å². The maximum atomic E-state index is 12.6. The van der Waals surface area contributed by atoms with Gasteiger partial charge in [0.15, 0.2) is 0 Å². The van der Waals surface area contributed by atoms with Crippen molar-refractivity contribution in [3.8, 4) is 5.75 Å². The Morgan fingerprint density at radius 1 is 1.34 bits per heavy atom. The van der Waals surface area contributed by atoms with Gasteiger partial charge in [-0.2, -0.15) is 0 Å². The third-order valence-corrected chi connectivity index (χ3v) is 5.55. The van der Waals surface area contributed by atoms with Crippen LogP contribution in [0.15, 0.2) is 47.4 Å². The zero-order valence-corrected chi connectivity index (χ0v) is 16.9. The molecule has 0 unspecified atom stereocenters. The molecule has 2 N–H and O–H groups in total. The SMILES string of the molecule is O=C(CN1C(=O)C(=Cc2ccccc2Cl)SC1=S)Nc1cc([N+](=O)[O-])ccc1O. The standard InChI is InChI=1S/C18H12ClN3O5S2/c19-12-4-2-1-3-10(12)7-15-17(25)21(18(28)29-15)9-16(24)20-13-8-11(22(26)27)5-6-14(13)23/h1-8,23H,9H2,(H,20,24). The number of phenols is 1. The molecule has 0 saturated carbocycles. The number of rotatable bonds is 5. The normalized spacial score (nSPS) is 15.1. The van der Waals surface area contributed by atoms with E-state index in [1.165, 1.54) is 0 Å². The van der Waals surface area contributed by atoms with Gasteiger partial charge in [0.2, 0.25) is 5.91 Å². The Morgan fingerprint density at radius 3 is 2.76 bits per heavy atom. The zero-order chi connectivity index (χ0) is 21.1. The summed E-state index contributed by atoms with van der Waals surface area (Å²) in [6.45, 7) is -0.410. The number of amides is 2. The number of hydrogen-bond acceptors (Lipinski definition) is 7. The topological polar surface area (TPSA) is 113 Å². The predicted molar refractivity (Wildman–Crippen MR) is 115 cm³/mol. The third-order valence-electron chi connectivity index (χ3n) is 3.83. The number of non-ortho nitro benzene ring substituents is 1. The van der Waals surface area contributed by atoms with E-state index < -0.39 is 23.3 Å². The van der Waals surface area contributed by atoms with E-state index in [0.717, 1.165) is 34.9 Å². The Balaban J connectivity index is 1.74. The van der Waals surface area contributed by atoms with E-state index in [0.29, 0.717) is 15.5 Å². The summed E-state index contributed by atoms with van der Waals surface area (Å²) in [5, 5.41) is 23.5. The number of halogens is 1. The van der Waals surface area contributed by atoms with E-state index in [2.05, 4.69) is 5.32 Å². The van der Waals surface area contributed by atoms with Crippen LogP contribution in [0, 0.1) is 10.1 Å². The van der Waals surface area contributed by atoms with Gasteiger partial charge in [0, 0.05) is 17.2 Å². The smallest absolute Gasteiger partial charge is 0.271 e. The number of nitrogens with zero attached hydrogens (tertiary/aromatic N) is 2. The number of carbonyl (C=O) groups excluding carboxylic acids is 2. The lowest BCUT2D eigenvalue weighted by molar-refractivity contribution is -0.384. The zero-order valence-electron chi connectivity index (χ0n) is 14.5. The van der Waals surface area contributed by atoms with Gasteiger partial charge in [0.25, 0.3) is 11.6 Å². The number of anilines is 1. The van der Waals surface area contributed by atoms with Gasteiger partial charge in [-0.15, -0.1) is 0 Å². The van der Waals surface area contributed by atoms with Crippen LogP contribution in [0.4, 0.5) is 11.4 Å². The Bertz CT molecular complexity index is 1070. The number of phenolic OH excluding ortho intramolecular Hbond substituents is 1. The number of benzene rings is 2. The molecule has 0 aliphatic carbocycles. The van der Waals surface area contributed by atoms with Gasteiger partial charge in [0.05, 0.1) is 15.5 Å². The highest BCUT2D eigenvalue weighted by Gasteiger charge is 2.33. The number of nitro groups is 1. The van der Waals surface area contributed by atoms with Crippen LogP contribution in [0.1, 0.15) is 5.56 Å². The van der Waals surface area contributed by atoms with Crippen molar-refractivity contribution >= 4 is 69.2 Å². The van der Waals surface area contributed by atoms with Crippen LogP contribution in [0.25, 0.3) is 6.08 Å². The fraction of sp³-hybridized carbons (Fsp3) is 0.0556. The van der Waals surface area contributed by atoms with E-state index in [1.807, 2.05) is 0 Å². The molecule has 0 bridgehead atoms. The summed E-state index contributed by atoms with van der Waals surface area (Å²) in [5.41, 5.74) is 0.202. The molecule has 2 amide bonds. The van der Waals surface area contributed by atoms with Crippen molar-refractivity contribution in [1.29, 1.82) is 0 Å². The van der Waals surface area contributed by atoms with Gasteiger partial charge in [-0.3, -0.25) is 24.6 Å². The monoisotopic (exact) mass is 449 g/mol. The highest BCUT2D eigenvalue weighted by atomic mass is 35.5. The summed E-state index contributed by atoms with van der Waals surface area (Å²) in [6.07, 6.45) is 1.59. The third kappa shape index (κ3) is 4.73. The van der Waals surface area contributed by atoms with Crippen molar-refractivity contribution < 1.29 is 19.6 Å². The molecule has 1 aliphatic rings. The van der Waals surface area contributed by atoms with Crippen LogP contribution in [-0.2, 0) is 9.59 Å². The lowest BCUT2D eigenvalue weighted by Gasteiger charge is -2.14. The number of nitrogens with one attached hydrogen (secondary N) is 1. The quantitative estimate of drug-likeness (QED) is 0.235. The number of thiocarbonyl (C=S) groups is 1. The number of thioether (sulfide) groups is 1. The van der Waals surface area contributed by atoms with Crippen LogP contribution >= 0.6 is 35.6 Å². The lowest BCUT2D eigenvalue weighted by atomic mass is 10.2.